The molecule has 0 aliphatic heterocycles. The quantitative estimate of drug-likeness (QED) is 0.788. The van der Waals surface area contributed by atoms with Crippen LogP contribution in [0.15, 0.2) is 29.6 Å². The van der Waals surface area contributed by atoms with Crippen LogP contribution in [0.5, 0.6) is 0 Å². The summed E-state index contributed by atoms with van der Waals surface area (Å²) < 4.78 is 43.0. The van der Waals surface area contributed by atoms with Crippen LogP contribution in [0, 0.1) is 0 Å². The van der Waals surface area contributed by atoms with Crippen molar-refractivity contribution in [3.05, 3.63) is 40.9 Å². The predicted molar refractivity (Wildman–Crippen MR) is 86.1 cm³/mol. The van der Waals surface area contributed by atoms with Crippen molar-refractivity contribution in [2.75, 3.05) is 13.2 Å². The van der Waals surface area contributed by atoms with Crippen LogP contribution in [0.25, 0.3) is 10.6 Å². The molecule has 134 valence electrons. The van der Waals surface area contributed by atoms with E-state index in [1.54, 1.807) is 6.92 Å². The van der Waals surface area contributed by atoms with Crippen molar-refractivity contribution < 1.29 is 27.5 Å². The summed E-state index contributed by atoms with van der Waals surface area (Å²) in [7, 11) is 0. The maximum Gasteiger partial charge on any atom is 0.416 e. The van der Waals surface area contributed by atoms with Crippen molar-refractivity contribution in [3.8, 4) is 10.6 Å². The zero-order valence-electron chi connectivity index (χ0n) is 13.2. The second kappa shape index (κ2) is 8.11. The van der Waals surface area contributed by atoms with Gasteiger partial charge in [-0.05, 0) is 19.1 Å². The lowest BCUT2D eigenvalue weighted by molar-refractivity contribution is -0.143. The van der Waals surface area contributed by atoms with E-state index in [4.69, 9.17) is 4.74 Å². The fourth-order valence-corrected chi connectivity index (χ4v) is 2.74. The van der Waals surface area contributed by atoms with Crippen LogP contribution < -0.4 is 5.32 Å². The normalized spacial score (nSPS) is 11.2. The summed E-state index contributed by atoms with van der Waals surface area (Å²) in [6.07, 6.45) is -4.41. The Morgan fingerprint density at radius 2 is 2.08 bits per heavy atom. The molecule has 1 heterocycles. The van der Waals surface area contributed by atoms with Crippen LogP contribution >= 0.6 is 11.3 Å². The molecule has 1 amide bonds. The summed E-state index contributed by atoms with van der Waals surface area (Å²) in [4.78, 5) is 27.2. The van der Waals surface area contributed by atoms with Gasteiger partial charge in [0.25, 0.3) is 5.91 Å². The van der Waals surface area contributed by atoms with Gasteiger partial charge < -0.3 is 10.1 Å². The summed E-state index contributed by atoms with van der Waals surface area (Å²) in [6.45, 7) is 2.04. The van der Waals surface area contributed by atoms with Crippen LogP contribution in [-0.2, 0) is 15.7 Å². The van der Waals surface area contributed by atoms with Crippen LogP contribution in [0.1, 0.15) is 29.4 Å². The van der Waals surface area contributed by atoms with E-state index in [9.17, 15) is 22.8 Å². The van der Waals surface area contributed by atoms with Crippen LogP contribution in [-0.4, -0.2) is 30.0 Å². The van der Waals surface area contributed by atoms with Crippen LogP contribution in [0.4, 0.5) is 13.2 Å². The fraction of sp³-hybridized carbons (Fsp3) is 0.312. The maximum absolute atomic E-state index is 12.8. The standard InChI is InChI=1S/C16H15F3N2O3S/c1-2-24-13(22)6-7-20-14(23)12-9-25-15(21-12)10-4-3-5-11(8-10)16(17,18)19/h3-5,8-9H,2,6-7H2,1H3,(H,20,23). The number of carbonyl (C=O) groups is 2. The van der Waals surface area contributed by atoms with Crippen molar-refractivity contribution in [1.29, 1.82) is 0 Å². The van der Waals surface area contributed by atoms with Gasteiger partial charge in [0.1, 0.15) is 10.7 Å². The monoisotopic (exact) mass is 372 g/mol. The predicted octanol–water partition coefficient (Wildman–Crippen LogP) is 3.51. The second-order valence-corrected chi connectivity index (χ2v) is 5.79. The number of rotatable bonds is 6. The number of alkyl halides is 3. The van der Waals surface area contributed by atoms with E-state index < -0.39 is 23.6 Å². The molecule has 0 bridgehead atoms. The Hall–Kier alpha value is -2.42. The highest BCUT2D eigenvalue weighted by Crippen LogP contribution is 2.33. The van der Waals surface area contributed by atoms with Gasteiger partial charge in [0, 0.05) is 17.5 Å². The van der Waals surface area contributed by atoms with E-state index in [-0.39, 0.29) is 30.8 Å². The molecular formula is C16H15F3N2O3S. The van der Waals surface area contributed by atoms with E-state index in [2.05, 4.69) is 10.3 Å². The Kier molecular flexibility index (Phi) is 6.13. The molecule has 0 atom stereocenters. The first kappa shape index (κ1) is 18.9. The molecule has 0 saturated carbocycles. The summed E-state index contributed by atoms with van der Waals surface area (Å²) in [5.41, 5.74) is -0.410. The first-order chi connectivity index (χ1) is 11.8. The molecule has 2 rings (SSSR count). The molecule has 1 aromatic heterocycles. The number of carbonyl (C=O) groups excluding carboxylic acids is 2. The molecule has 9 heteroatoms. The molecule has 25 heavy (non-hydrogen) atoms. The number of esters is 1. The van der Waals surface area contributed by atoms with Crippen molar-refractivity contribution in [2.24, 2.45) is 0 Å². The number of nitrogens with one attached hydrogen (secondary N) is 1. The highest BCUT2D eigenvalue weighted by atomic mass is 32.1. The molecule has 5 nitrogen and oxygen atoms in total. The van der Waals surface area contributed by atoms with Gasteiger partial charge in [-0.15, -0.1) is 11.3 Å². The number of nitrogens with zero attached hydrogens (tertiary/aromatic N) is 1. The SMILES string of the molecule is CCOC(=O)CCNC(=O)c1csc(-c2cccc(C(F)(F)F)c2)n1. The number of aromatic nitrogens is 1. The largest absolute Gasteiger partial charge is 0.466 e. The molecule has 0 spiro atoms. The summed E-state index contributed by atoms with van der Waals surface area (Å²) in [6, 6.07) is 4.75. The minimum absolute atomic E-state index is 0.0319. The Morgan fingerprint density at radius 1 is 1.32 bits per heavy atom. The van der Waals surface area contributed by atoms with Gasteiger partial charge in [0.15, 0.2) is 0 Å². The Bertz CT molecular complexity index is 759. The molecule has 1 N–H and O–H groups in total. The number of ether oxygens (including phenoxy) is 1. The minimum atomic E-state index is -4.44. The highest BCUT2D eigenvalue weighted by molar-refractivity contribution is 7.13. The first-order valence-electron chi connectivity index (χ1n) is 7.38. The van der Waals surface area contributed by atoms with Crippen LogP contribution in [0.3, 0.4) is 0 Å². The van der Waals surface area contributed by atoms with Crippen molar-refractivity contribution in [1.82, 2.24) is 10.3 Å². The third kappa shape index (κ3) is 5.28. The topological polar surface area (TPSA) is 68.3 Å². The van der Waals surface area contributed by atoms with Crippen LogP contribution in [0.2, 0.25) is 0 Å². The fourth-order valence-electron chi connectivity index (χ4n) is 1.94. The molecule has 0 radical (unpaired) electrons. The summed E-state index contributed by atoms with van der Waals surface area (Å²) >= 11 is 1.07. The number of halogens is 3. The summed E-state index contributed by atoms with van der Waals surface area (Å²) in [5.74, 6) is -0.926. The summed E-state index contributed by atoms with van der Waals surface area (Å²) in [5, 5.41) is 4.27. The van der Waals surface area contributed by atoms with Crippen molar-refractivity contribution >= 4 is 23.2 Å². The van der Waals surface area contributed by atoms with Gasteiger partial charge >= 0.3 is 12.1 Å². The van der Waals surface area contributed by atoms with Gasteiger partial charge in [0.05, 0.1) is 18.6 Å². The molecule has 0 aliphatic carbocycles. The van der Waals surface area contributed by atoms with Gasteiger partial charge in [-0.1, -0.05) is 12.1 Å². The van der Waals surface area contributed by atoms with Gasteiger partial charge in [-0.25, -0.2) is 4.98 Å². The number of thiazole rings is 1. The lowest BCUT2D eigenvalue weighted by Gasteiger charge is -2.07. The van der Waals surface area contributed by atoms with Gasteiger partial charge in [0.2, 0.25) is 0 Å². The Balaban J connectivity index is 2.02. The maximum atomic E-state index is 12.8. The zero-order chi connectivity index (χ0) is 18.4. The lowest BCUT2D eigenvalue weighted by atomic mass is 10.1. The van der Waals surface area contributed by atoms with Crippen molar-refractivity contribution in [2.45, 2.75) is 19.5 Å². The third-order valence-corrected chi connectivity index (χ3v) is 3.99. The number of hydrogen-bond donors (Lipinski definition) is 1. The van der Waals surface area contributed by atoms with Gasteiger partial charge in [-0.3, -0.25) is 9.59 Å². The minimum Gasteiger partial charge on any atom is -0.466 e. The average Bonchev–Trinajstić information content (AvgIpc) is 3.04. The lowest BCUT2D eigenvalue weighted by Crippen LogP contribution is -2.26. The second-order valence-electron chi connectivity index (χ2n) is 4.93. The third-order valence-electron chi connectivity index (χ3n) is 3.09. The average molecular weight is 372 g/mol. The van der Waals surface area contributed by atoms with Crippen molar-refractivity contribution in [3.63, 3.8) is 0 Å². The molecular weight excluding hydrogens is 357 g/mol. The number of hydrogen-bond acceptors (Lipinski definition) is 5. The van der Waals surface area contributed by atoms with E-state index in [1.165, 1.54) is 17.5 Å². The Morgan fingerprint density at radius 3 is 2.76 bits per heavy atom. The van der Waals surface area contributed by atoms with Gasteiger partial charge in [-0.2, -0.15) is 13.2 Å². The smallest absolute Gasteiger partial charge is 0.416 e. The molecule has 0 unspecified atom stereocenters. The molecule has 2 aromatic rings. The number of benzene rings is 1. The van der Waals surface area contributed by atoms with E-state index in [0.717, 1.165) is 23.5 Å². The highest BCUT2D eigenvalue weighted by Gasteiger charge is 2.30. The van der Waals surface area contributed by atoms with E-state index in [1.807, 2.05) is 0 Å². The van der Waals surface area contributed by atoms with E-state index >= 15 is 0 Å². The first-order valence-corrected chi connectivity index (χ1v) is 8.26. The molecule has 0 fully saturated rings. The molecule has 0 aliphatic rings. The van der Waals surface area contributed by atoms with E-state index in [0.29, 0.717) is 5.01 Å². The zero-order valence-corrected chi connectivity index (χ0v) is 14.0. The molecule has 1 aromatic carbocycles. The number of amides is 1. The molecule has 0 saturated heterocycles. The Labute approximate surface area is 145 Å².